The van der Waals surface area contributed by atoms with Gasteiger partial charge < -0.3 is 19.1 Å². The molecule has 0 unspecified atom stereocenters. The zero-order chi connectivity index (χ0) is 29.2. The number of ether oxygens (including phenoxy) is 1. The van der Waals surface area contributed by atoms with Crippen LogP contribution >= 0.6 is 0 Å². The molecule has 3 fully saturated rings. The van der Waals surface area contributed by atoms with Crippen molar-refractivity contribution in [3.05, 3.63) is 76.4 Å². The fourth-order valence-corrected chi connectivity index (χ4v) is 8.03. The van der Waals surface area contributed by atoms with Crippen molar-refractivity contribution >= 4 is 11.6 Å². The topological polar surface area (TPSA) is 66.7 Å². The minimum Gasteiger partial charge on any atom is -0.380 e. The predicted octanol–water partition coefficient (Wildman–Crippen LogP) is 4.31. The van der Waals surface area contributed by atoms with E-state index in [0.29, 0.717) is 29.6 Å². The number of nitrogens with zero attached hydrogens (tertiary/aromatic N) is 6. The Hall–Kier alpha value is -3.14. The van der Waals surface area contributed by atoms with E-state index >= 15 is 0 Å². The van der Waals surface area contributed by atoms with Crippen molar-refractivity contribution in [3.63, 3.8) is 0 Å². The maximum absolute atomic E-state index is 14.5. The van der Waals surface area contributed by atoms with E-state index in [1.54, 1.807) is 6.33 Å². The zero-order valence-electron chi connectivity index (χ0n) is 25.1. The normalized spacial score (nSPS) is 23.3. The molecule has 0 bridgehead atoms. The third-order valence-electron chi connectivity index (χ3n) is 10.2. The molecule has 2 saturated heterocycles. The number of rotatable bonds is 7. The Balaban J connectivity index is 1.18. The second-order valence-electron chi connectivity index (χ2n) is 13.6. The molecular formula is C33H41FN6O2. The highest BCUT2D eigenvalue weighted by Gasteiger charge is 2.61. The Morgan fingerprint density at radius 3 is 2.60 bits per heavy atom. The minimum atomic E-state index is -0.576. The van der Waals surface area contributed by atoms with Gasteiger partial charge in [-0.2, -0.15) is 0 Å². The average Bonchev–Trinajstić information content (AvgIpc) is 3.51. The van der Waals surface area contributed by atoms with Gasteiger partial charge >= 0.3 is 0 Å². The van der Waals surface area contributed by atoms with Gasteiger partial charge in [0.05, 0.1) is 25.2 Å². The summed E-state index contributed by atoms with van der Waals surface area (Å²) in [4.78, 5) is 20.6. The van der Waals surface area contributed by atoms with Crippen LogP contribution in [-0.2, 0) is 37.0 Å². The Labute approximate surface area is 247 Å². The van der Waals surface area contributed by atoms with Gasteiger partial charge in [-0.15, -0.1) is 10.2 Å². The molecule has 4 aliphatic rings. The number of halogens is 1. The van der Waals surface area contributed by atoms with Gasteiger partial charge in [0.25, 0.3) is 5.91 Å². The van der Waals surface area contributed by atoms with Crippen molar-refractivity contribution in [2.75, 3.05) is 44.8 Å². The number of hydrogen-bond donors (Lipinski definition) is 0. The monoisotopic (exact) mass is 572 g/mol. The Morgan fingerprint density at radius 2 is 1.93 bits per heavy atom. The van der Waals surface area contributed by atoms with Crippen molar-refractivity contribution in [3.8, 4) is 0 Å². The molecule has 1 amide bonds. The molecule has 4 heterocycles. The summed E-state index contributed by atoms with van der Waals surface area (Å²) in [6.07, 6.45) is 3.65. The van der Waals surface area contributed by atoms with Gasteiger partial charge in [-0.05, 0) is 66.3 Å². The predicted molar refractivity (Wildman–Crippen MR) is 159 cm³/mol. The van der Waals surface area contributed by atoms with E-state index in [-0.39, 0.29) is 16.7 Å². The van der Waals surface area contributed by atoms with Gasteiger partial charge in [0.2, 0.25) is 0 Å². The van der Waals surface area contributed by atoms with Crippen molar-refractivity contribution in [1.29, 1.82) is 0 Å². The average molecular weight is 573 g/mol. The lowest BCUT2D eigenvalue weighted by atomic mass is 9.49. The van der Waals surface area contributed by atoms with E-state index in [2.05, 4.69) is 53.0 Å². The first-order valence-corrected chi connectivity index (χ1v) is 15.2. The van der Waals surface area contributed by atoms with Crippen LogP contribution in [0.25, 0.3) is 0 Å². The number of aryl methyl sites for hydroxylation is 1. The molecule has 8 nitrogen and oxygen atoms in total. The zero-order valence-corrected chi connectivity index (χ0v) is 25.1. The smallest absolute Gasteiger partial charge is 0.258 e. The van der Waals surface area contributed by atoms with Crippen LogP contribution in [0.4, 0.5) is 10.1 Å². The molecule has 7 rings (SSSR count). The first-order chi connectivity index (χ1) is 20.2. The van der Waals surface area contributed by atoms with E-state index in [1.807, 2.05) is 40.8 Å². The first-order valence-electron chi connectivity index (χ1n) is 15.2. The minimum absolute atomic E-state index is 0.0531. The standard InChI is InChI=1S/C33H41FN6O2/c1-22(2)29-16-37(3)8-9-39(29)14-23-10-24(13-34)28-15-40(30(41)27(28)11-23)26-7-5-6-25(12-26)33(31-36-35-21-38(31)4)17-32(18-33)19-42-20-32/h5-7,10-12,21-22,29H,8-9,13-20H2,1-4H3/t29-/m1/s1. The Bertz CT molecular complexity index is 1510. The fourth-order valence-electron chi connectivity index (χ4n) is 8.03. The number of piperazine rings is 1. The number of carbonyl (C=O) groups is 1. The summed E-state index contributed by atoms with van der Waals surface area (Å²) in [6, 6.07) is 12.7. The van der Waals surface area contributed by atoms with Crippen LogP contribution in [0.2, 0.25) is 0 Å². The molecule has 3 aromatic rings. The van der Waals surface area contributed by atoms with Crippen molar-refractivity contribution in [2.45, 2.75) is 57.9 Å². The number of carbonyl (C=O) groups excluding carboxylic acids is 1. The number of benzene rings is 2. The van der Waals surface area contributed by atoms with Crippen LogP contribution in [0.15, 0.2) is 42.7 Å². The van der Waals surface area contributed by atoms with Gasteiger partial charge in [0.1, 0.15) is 18.8 Å². The first kappa shape index (κ1) is 27.7. The largest absolute Gasteiger partial charge is 0.380 e. The quantitative estimate of drug-likeness (QED) is 0.421. The lowest BCUT2D eigenvalue weighted by Gasteiger charge is -2.59. The van der Waals surface area contributed by atoms with Crippen molar-refractivity contribution < 1.29 is 13.9 Å². The number of fused-ring (bicyclic) bond motifs is 1. The molecule has 0 radical (unpaired) electrons. The summed E-state index contributed by atoms with van der Waals surface area (Å²) in [5.74, 6) is 1.41. The van der Waals surface area contributed by atoms with Gasteiger partial charge in [-0.3, -0.25) is 9.69 Å². The number of anilines is 1. The molecule has 0 N–H and O–H groups in total. The highest BCUT2D eigenvalue weighted by atomic mass is 19.1. The second kappa shape index (κ2) is 10.2. The Kier molecular flexibility index (Phi) is 6.75. The maximum Gasteiger partial charge on any atom is 0.258 e. The second-order valence-corrected chi connectivity index (χ2v) is 13.6. The summed E-state index contributed by atoms with van der Waals surface area (Å²) < 4.78 is 22.0. The molecule has 9 heteroatoms. The van der Waals surface area contributed by atoms with Crippen LogP contribution in [0.5, 0.6) is 0 Å². The molecule has 1 spiro atoms. The number of likely N-dealkylation sites (N-methyl/N-ethyl adjacent to an activating group) is 1. The molecular weight excluding hydrogens is 531 g/mol. The number of hydrogen-bond acceptors (Lipinski definition) is 6. The van der Waals surface area contributed by atoms with Crippen LogP contribution < -0.4 is 4.90 Å². The van der Waals surface area contributed by atoms with E-state index in [4.69, 9.17) is 4.74 Å². The van der Waals surface area contributed by atoms with E-state index in [9.17, 15) is 9.18 Å². The van der Waals surface area contributed by atoms with E-state index < -0.39 is 6.67 Å². The van der Waals surface area contributed by atoms with E-state index in [0.717, 1.165) is 80.4 Å². The van der Waals surface area contributed by atoms with Crippen LogP contribution in [-0.4, -0.2) is 76.4 Å². The molecule has 3 aliphatic heterocycles. The summed E-state index contributed by atoms with van der Waals surface area (Å²) >= 11 is 0. The van der Waals surface area contributed by atoms with Crippen molar-refractivity contribution in [1.82, 2.24) is 24.6 Å². The van der Waals surface area contributed by atoms with Crippen molar-refractivity contribution in [2.24, 2.45) is 18.4 Å². The summed E-state index contributed by atoms with van der Waals surface area (Å²) in [6.45, 7) is 9.63. The molecule has 1 saturated carbocycles. The lowest BCUT2D eigenvalue weighted by Crippen LogP contribution is -2.60. The highest BCUT2D eigenvalue weighted by molar-refractivity contribution is 6.10. The third-order valence-corrected chi connectivity index (χ3v) is 10.2. The molecule has 222 valence electrons. The maximum atomic E-state index is 14.5. The van der Waals surface area contributed by atoms with E-state index in [1.165, 1.54) is 0 Å². The summed E-state index contributed by atoms with van der Waals surface area (Å²) in [5, 5.41) is 8.72. The van der Waals surface area contributed by atoms with Crippen LogP contribution in [0, 0.1) is 11.3 Å². The van der Waals surface area contributed by atoms with Gasteiger partial charge in [0, 0.05) is 55.9 Å². The molecule has 42 heavy (non-hydrogen) atoms. The number of aromatic nitrogens is 3. The van der Waals surface area contributed by atoms with Crippen LogP contribution in [0.3, 0.4) is 0 Å². The number of amides is 1. The molecule has 2 aromatic carbocycles. The highest BCUT2D eigenvalue weighted by Crippen LogP contribution is 2.61. The van der Waals surface area contributed by atoms with Gasteiger partial charge in [-0.1, -0.05) is 32.0 Å². The van der Waals surface area contributed by atoms with Gasteiger partial charge in [0.15, 0.2) is 0 Å². The SMILES string of the molecule is CC(C)[C@H]1CN(C)CCN1Cc1cc(CF)c2c(c1)C(=O)N(c1cccc(C3(c4nncn4C)CC4(COC4)C3)c1)C2. The fraction of sp³-hybridized carbons (Fsp3) is 0.545. The van der Waals surface area contributed by atoms with Gasteiger partial charge in [-0.25, -0.2) is 4.39 Å². The molecule has 1 aliphatic carbocycles. The molecule has 1 atom stereocenters. The van der Waals surface area contributed by atoms with Crippen LogP contribution in [0.1, 0.15) is 65.1 Å². The third kappa shape index (κ3) is 4.39. The summed E-state index contributed by atoms with van der Waals surface area (Å²) in [7, 11) is 4.16. The Morgan fingerprint density at radius 1 is 1.12 bits per heavy atom. The number of alkyl halides is 1. The molecule has 1 aromatic heterocycles. The lowest BCUT2D eigenvalue weighted by molar-refractivity contribution is -0.182. The summed E-state index contributed by atoms with van der Waals surface area (Å²) in [5.41, 5.74) is 5.01.